The summed E-state index contributed by atoms with van der Waals surface area (Å²) in [5.74, 6) is -2.04. The predicted octanol–water partition coefficient (Wildman–Crippen LogP) is 1.22. The molecule has 0 aliphatic rings. The minimum Gasteiger partial charge on any atom is -0.478 e. The van der Waals surface area contributed by atoms with Gasteiger partial charge < -0.3 is 9.84 Å². The van der Waals surface area contributed by atoms with Gasteiger partial charge >= 0.3 is 11.9 Å². The van der Waals surface area contributed by atoms with E-state index in [1.807, 2.05) is 0 Å². The van der Waals surface area contributed by atoms with E-state index in [0.29, 0.717) is 0 Å². The zero-order valence-electron chi connectivity index (χ0n) is 11.4. The molecule has 0 fully saturated rings. The van der Waals surface area contributed by atoms with Crippen molar-refractivity contribution in [1.29, 1.82) is 0 Å². The molecule has 1 aromatic rings. The summed E-state index contributed by atoms with van der Waals surface area (Å²) in [4.78, 5) is 22.0. The van der Waals surface area contributed by atoms with E-state index in [2.05, 4.69) is 4.74 Å². The number of ether oxygens (including phenoxy) is 1. The Balaban J connectivity index is 3.10. The fourth-order valence-corrected chi connectivity index (χ4v) is 2.82. The Morgan fingerprint density at radius 1 is 1.38 bits per heavy atom. The van der Waals surface area contributed by atoms with Crippen molar-refractivity contribution >= 4 is 33.6 Å². The molecular weight excluding hydrogens is 322 g/mol. The van der Waals surface area contributed by atoms with Gasteiger partial charge in [0.2, 0.25) is 10.0 Å². The Morgan fingerprint density at radius 2 is 2.00 bits per heavy atom. The molecule has 9 heteroatoms. The van der Waals surface area contributed by atoms with Crippen molar-refractivity contribution in [2.75, 3.05) is 20.2 Å². The summed E-state index contributed by atoms with van der Waals surface area (Å²) in [6.45, 7) is 1.27. The molecule has 0 unspecified atom stereocenters. The summed E-state index contributed by atoms with van der Waals surface area (Å²) in [5.41, 5.74) is -0.331. The zero-order valence-corrected chi connectivity index (χ0v) is 12.9. The number of aromatic carboxylic acids is 1. The topological polar surface area (TPSA) is 101 Å². The fraction of sp³-hybridized carbons (Fsp3) is 0.333. The Morgan fingerprint density at radius 3 is 2.52 bits per heavy atom. The number of rotatable bonds is 6. The highest BCUT2D eigenvalue weighted by Crippen LogP contribution is 2.22. The number of hydrogen-bond donors (Lipinski definition) is 1. The summed E-state index contributed by atoms with van der Waals surface area (Å²) < 4.78 is 29.9. The van der Waals surface area contributed by atoms with Crippen LogP contribution in [0.4, 0.5) is 0 Å². The second-order valence-electron chi connectivity index (χ2n) is 4.01. The van der Waals surface area contributed by atoms with Gasteiger partial charge in [-0.2, -0.15) is 4.31 Å². The van der Waals surface area contributed by atoms with Crippen LogP contribution in [0.5, 0.6) is 0 Å². The fourth-order valence-electron chi connectivity index (χ4n) is 1.48. The molecule has 0 saturated heterocycles. The van der Waals surface area contributed by atoms with Gasteiger partial charge in [0.1, 0.15) is 6.54 Å². The van der Waals surface area contributed by atoms with Gasteiger partial charge in [0, 0.05) is 7.05 Å². The largest absolute Gasteiger partial charge is 0.478 e. The van der Waals surface area contributed by atoms with Crippen molar-refractivity contribution in [2.24, 2.45) is 0 Å². The van der Waals surface area contributed by atoms with Crippen molar-refractivity contribution in [3.63, 3.8) is 0 Å². The minimum atomic E-state index is -4.01. The molecule has 0 bridgehead atoms. The van der Waals surface area contributed by atoms with Gasteiger partial charge in [0.25, 0.3) is 0 Å². The second-order valence-corrected chi connectivity index (χ2v) is 6.46. The molecule has 7 nitrogen and oxygen atoms in total. The lowest BCUT2D eigenvalue weighted by molar-refractivity contribution is -0.143. The monoisotopic (exact) mass is 335 g/mol. The number of likely N-dealkylation sites (N-methyl/N-ethyl adjacent to an activating group) is 1. The van der Waals surface area contributed by atoms with Crippen LogP contribution in [0.1, 0.15) is 17.3 Å². The first kappa shape index (κ1) is 17.4. The van der Waals surface area contributed by atoms with E-state index < -0.39 is 28.5 Å². The van der Waals surface area contributed by atoms with E-state index >= 15 is 0 Å². The number of benzene rings is 1. The van der Waals surface area contributed by atoms with Gasteiger partial charge in [-0.25, -0.2) is 13.2 Å². The van der Waals surface area contributed by atoms with Crippen molar-refractivity contribution in [3.8, 4) is 0 Å². The maximum Gasteiger partial charge on any atom is 0.337 e. The molecule has 0 amide bonds. The zero-order chi connectivity index (χ0) is 16.2. The van der Waals surface area contributed by atoms with Crippen molar-refractivity contribution in [2.45, 2.75) is 11.8 Å². The number of carbonyl (C=O) groups excluding carboxylic acids is 1. The van der Waals surface area contributed by atoms with E-state index in [-0.39, 0.29) is 22.1 Å². The van der Waals surface area contributed by atoms with Gasteiger partial charge in [-0.3, -0.25) is 4.79 Å². The Labute approximate surface area is 127 Å². The maximum absolute atomic E-state index is 12.2. The highest BCUT2D eigenvalue weighted by Gasteiger charge is 2.25. The van der Waals surface area contributed by atoms with Gasteiger partial charge in [0.05, 0.1) is 22.1 Å². The summed E-state index contributed by atoms with van der Waals surface area (Å²) >= 11 is 5.68. The molecule has 1 rings (SSSR count). The molecule has 1 N–H and O–H groups in total. The maximum atomic E-state index is 12.2. The Kier molecular flexibility index (Phi) is 5.70. The molecule has 0 heterocycles. The average Bonchev–Trinajstić information content (AvgIpc) is 2.38. The Hall–Kier alpha value is -1.64. The number of esters is 1. The highest BCUT2D eigenvalue weighted by molar-refractivity contribution is 7.89. The summed E-state index contributed by atoms with van der Waals surface area (Å²) in [6.07, 6.45) is 0. The molecule has 0 radical (unpaired) electrons. The van der Waals surface area contributed by atoms with E-state index in [0.717, 1.165) is 10.4 Å². The van der Waals surface area contributed by atoms with Crippen LogP contribution in [0.25, 0.3) is 0 Å². The normalized spacial score (nSPS) is 11.4. The molecule has 1 aromatic carbocycles. The van der Waals surface area contributed by atoms with Gasteiger partial charge in [-0.1, -0.05) is 11.6 Å². The second kappa shape index (κ2) is 6.88. The first-order valence-corrected chi connectivity index (χ1v) is 7.66. The number of carboxylic acids is 1. The smallest absolute Gasteiger partial charge is 0.337 e. The number of carboxylic acid groups (broad SMARTS) is 1. The lowest BCUT2D eigenvalue weighted by Crippen LogP contribution is -2.33. The first-order chi connectivity index (χ1) is 9.70. The third-order valence-electron chi connectivity index (χ3n) is 2.53. The number of nitrogens with zero attached hydrogens (tertiary/aromatic N) is 1. The van der Waals surface area contributed by atoms with E-state index in [1.165, 1.54) is 19.2 Å². The third kappa shape index (κ3) is 4.16. The van der Waals surface area contributed by atoms with Crippen molar-refractivity contribution < 1.29 is 27.9 Å². The summed E-state index contributed by atoms with van der Waals surface area (Å²) in [7, 11) is -2.82. The first-order valence-electron chi connectivity index (χ1n) is 5.85. The summed E-state index contributed by atoms with van der Waals surface area (Å²) in [6, 6.07) is 3.30. The molecule has 21 heavy (non-hydrogen) atoms. The van der Waals surface area contributed by atoms with Crippen LogP contribution < -0.4 is 0 Å². The highest BCUT2D eigenvalue weighted by atomic mass is 35.5. The molecule has 0 aliphatic carbocycles. The van der Waals surface area contributed by atoms with Crippen LogP contribution in [0.2, 0.25) is 5.02 Å². The lowest BCUT2D eigenvalue weighted by Gasteiger charge is -2.16. The van der Waals surface area contributed by atoms with E-state index in [4.69, 9.17) is 16.7 Å². The molecular formula is C12H14ClNO6S. The number of hydrogen-bond acceptors (Lipinski definition) is 5. The molecule has 0 atom stereocenters. The lowest BCUT2D eigenvalue weighted by atomic mass is 10.2. The van der Waals surface area contributed by atoms with Crippen LogP contribution in [0, 0.1) is 0 Å². The van der Waals surface area contributed by atoms with Crippen LogP contribution >= 0.6 is 11.6 Å². The third-order valence-corrected chi connectivity index (χ3v) is 4.66. The molecule has 0 spiro atoms. The molecule has 0 aromatic heterocycles. The molecule has 0 saturated carbocycles. The molecule has 0 aliphatic heterocycles. The van der Waals surface area contributed by atoms with E-state index in [1.54, 1.807) is 6.92 Å². The van der Waals surface area contributed by atoms with Crippen molar-refractivity contribution in [3.05, 3.63) is 28.8 Å². The van der Waals surface area contributed by atoms with Crippen LogP contribution in [-0.2, 0) is 19.6 Å². The van der Waals surface area contributed by atoms with Gasteiger partial charge in [-0.15, -0.1) is 0 Å². The number of halogens is 1. The van der Waals surface area contributed by atoms with Crippen LogP contribution in [0.15, 0.2) is 23.1 Å². The SMILES string of the molecule is CCOC(=O)CN(C)S(=O)(=O)c1ccc(Cl)c(C(=O)O)c1. The van der Waals surface area contributed by atoms with Gasteiger partial charge in [0.15, 0.2) is 0 Å². The molecule has 116 valence electrons. The number of sulfonamides is 1. The van der Waals surface area contributed by atoms with Crippen LogP contribution in [-0.4, -0.2) is 50.0 Å². The van der Waals surface area contributed by atoms with Gasteiger partial charge in [-0.05, 0) is 25.1 Å². The summed E-state index contributed by atoms with van der Waals surface area (Å²) in [5, 5.41) is 8.87. The quantitative estimate of drug-likeness (QED) is 0.784. The standard InChI is InChI=1S/C12H14ClNO6S/c1-3-20-11(15)7-14(2)21(18,19)8-4-5-10(13)9(6-8)12(16)17/h4-6H,3,7H2,1-2H3,(H,16,17). The minimum absolute atomic E-state index is 0.0745. The van der Waals surface area contributed by atoms with E-state index in [9.17, 15) is 18.0 Å². The predicted molar refractivity (Wildman–Crippen MR) is 74.9 cm³/mol. The number of carbonyl (C=O) groups is 2. The average molecular weight is 336 g/mol. The Bertz CT molecular complexity index is 658. The van der Waals surface area contributed by atoms with Crippen LogP contribution in [0.3, 0.4) is 0 Å². The van der Waals surface area contributed by atoms with Crippen molar-refractivity contribution in [1.82, 2.24) is 4.31 Å².